The first-order valence-corrected chi connectivity index (χ1v) is 22.2. The van der Waals surface area contributed by atoms with E-state index in [0.29, 0.717) is 0 Å². The maximum Gasteiger partial charge on any atom is 0.0464 e. The van der Waals surface area contributed by atoms with Gasteiger partial charge in [-0.05, 0) is 64.0 Å². The number of hydrogen-bond acceptors (Lipinski definition) is 3. The molecule has 50 heavy (non-hydrogen) atoms. The number of unbranched alkanes of at least 4 members (excludes halogenated alkanes) is 26. The standard InChI is InChI=1S/C20H42O.C17H35N.C8H19N.CH4.H2O.H2/c1-4-6-8-10-12-14-16-20(18-19-21-3)17-15-13-11-9-7-5-2;1-2-3-4-5-6-7-8-9-10-11-12-13-14-15-16-17-18;1-2-3-4-5-6-7-8-9;;;/h20H,4-19H2,1-3H3;8-9H,2-7,10-18H2,1H3;2-9H2,1H3;1H4;1H2;1H/b;9-8-;;;;. The Balaban J connectivity index is -0.000000154. The molecule has 4 heteroatoms. The minimum absolute atomic E-state index is 0. The van der Waals surface area contributed by atoms with Gasteiger partial charge in [0.2, 0.25) is 0 Å². The van der Waals surface area contributed by atoms with Gasteiger partial charge in [-0.25, -0.2) is 0 Å². The maximum absolute atomic E-state index is 5.47. The highest BCUT2D eigenvalue weighted by Crippen LogP contribution is 2.22. The summed E-state index contributed by atoms with van der Waals surface area (Å²) in [6, 6.07) is 0. The van der Waals surface area contributed by atoms with Crippen LogP contribution in [0.3, 0.4) is 0 Å². The Bertz CT molecular complexity index is 513. The van der Waals surface area contributed by atoms with Crippen LogP contribution in [0.25, 0.3) is 0 Å². The fourth-order valence-corrected chi connectivity index (χ4v) is 6.28. The fourth-order valence-electron chi connectivity index (χ4n) is 6.28. The van der Waals surface area contributed by atoms with Crippen LogP contribution < -0.4 is 11.5 Å². The molecule has 0 aliphatic carbocycles. The molecule has 0 aliphatic rings. The first-order chi connectivity index (χ1) is 23.7. The summed E-state index contributed by atoms with van der Waals surface area (Å²) in [5.41, 5.74) is 10.8. The van der Waals surface area contributed by atoms with Crippen molar-refractivity contribution >= 4 is 0 Å². The molecular weight excluding hydrogens is 613 g/mol. The summed E-state index contributed by atoms with van der Waals surface area (Å²) in [6.45, 7) is 11.8. The van der Waals surface area contributed by atoms with Gasteiger partial charge in [-0.2, -0.15) is 0 Å². The molecule has 0 radical (unpaired) electrons. The fraction of sp³-hybridized carbons (Fsp3) is 0.957. The highest BCUT2D eigenvalue weighted by molar-refractivity contribution is 4.81. The lowest BCUT2D eigenvalue weighted by Crippen LogP contribution is -2.05. The van der Waals surface area contributed by atoms with E-state index >= 15 is 0 Å². The lowest BCUT2D eigenvalue weighted by Gasteiger charge is -2.16. The van der Waals surface area contributed by atoms with Crippen molar-refractivity contribution < 1.29 is 11.6 Å². The second-order valence-corrected chi connectivity index (χ2v) is 14.7. The van der Waals surface area contributed by atoms with Gasteiger partial charge in [-0.1, -0.05) is 221 Å². The SMILES string of the molecule is C.CCCCCCC/C=C\CCCCCCCCN.CCCCCCCCC(CCCCCCCC)CCOC.CCCCCCCCN.O.[HH]. The Morgan fingerprint density at radius 2 is 0.700 bits per heavy atom. The molecule has 0 atom stereocenters. The van der Waals surface area contributed by atoms with Crippen LogP contribution in [0.1, 0.15) is 255 Å². The Labute approximate surface area is 320 Å². The lowest BCUT2D eigenvalue weighted by atomic mass is 9.92. The van der Waals surface area contributed by atoms with Crippen LogP contribution in [0.15, 0.2) is 12.2 Å². The second-order valence-electron chi connectivity index (χ2n) is 14.7. The minimum Gasteiger partial charge on any atom is -0.412 e. The van der Waals surface area contributed by atoms with Crippen molar-refractivity contribution in [3.05, 3.63) is 12.2 Å². The zero-order valence-corrected chi connectivity index (χ0v) is 35.0. The van der Waals surface area contributed by atoms with Gasteiger partial charge < -0.3 is 21.7 Å². The van der Waals surface area contributed by atoms with Crippen molar-refractivity contribution in [3.63, 3.8) is 0 Å². The van der Waals surface area contributed by atoms with Crippen LogP contribution in [-0.2, 0) is 4.74 Å². The molecule has 6 N–H and O–H groups in total. The summed E-state index contributed by atoms with van der Waals surface area (Å²) >= 11 is 0. The van der Waals surface area contributed by atoms with Gasteiger partial charge in [0.25, 0.3) is 0 Å². The summed E-state index contributed by atoms with van der Waals surface area (Å²) in [5, 5.41) is 0. The van der Waals surface area contributed by atoms with E-state index < -0.39 is 0 Å². The zero-order chi connectivity index (χ0) is 35.9. The number of nitrogens with two attached hydrogens (primary N) is 2. The summed E-state index contributed by atoms with van der Waals surface area (Å²) in [7, 11) is 1.84. The average molecular weight is 717 g/mol. The molecule has 0 aromatic heterocycles. The van der Waals surface area contributed by atoms with Gasteiger partial charge in [-0.15, -0.1) is 0 Å². The zero-order valence-electron chi connectivity index (χ0n) is 35.0. The van der Waals surface area contributed by atoms with Crippen LogP contribution in [0, 0.1) is 5.92 Å². The van der Waals surface area contributed by atoms with Gasteiger partial charge in [0.1, 0.15) is 0 Å². The molecular formula is C46H104N2O2. The van der Waals surface area contributed by atoms with Crippen LogP contribution in [0.5, 0.6) is 0 Å². The maximum atomic E-state index is 5.47. The third-order valence-electron chi connectivity index (χ3n) is 9.69. The number of rotatable bonds is 37. The van der Waals surface area contributed by atoms with E-state index in [1.807, 2.05) is 7.11 Å². The summed E-state index contributed by atoms with van der Waals surface area (Å²) < 4.78 is 5.29. The van der Waals surface area contributed by atoms with Crippen LogP contribution in [-0.4, -0.2) is 32.3 Å². The molecule has 0 aromatic rings. The Kier molecular flexibility index (Phi) is 71.4. The molecule has 0 fully saturated rings. The average Bonchev–Trinajstić information content (AvgIpc) is 3.10. The monoisotopic (exact) mass is 717 g/mol. The van der Waals surface area contributed by atoms with E-state index in [2.05, 4.69) is 39.8 Å². The Morgan fingerprint density at radius 3 is 1.00 bits per heavy atom. The minimum atomic E-state index is 0. The molecule has 4 nitrogen and oxygen atoms in total. The van der Waals surface area contributed by atoms with E-state index in [0.717, 1.165) is 25.6 Å². The Morgan fingerprint density at radius 1 is 0.420 bits per heavy atom. The van der Waals surface area contributed by atoms with Gasteiger partial charge in [0.15, 0.2) is 0 Å². The van der Waals surface area contributed by atoms with E-state index in [9.17, 15) is 0 Å². The molecule has 0 aliphatic heterocycles. The van der Waals surface area contributed by atoms with Crippen molar-refractivity contribution in [2.45, 2.75) is 253 Å². The van der Waals surface area contributed by atoms with Crippen LogP contribution in [0.2, 0.25) is 0 Å². The highest BCUT2D eigenvalue weighted by atomic mass is 16.5. The molecule has 0 bridgehead atoms. The van der Waals surface area contributed by atoms with E-state index in [1.165, 1.54) is 218 Å². The number of allylic oxidation sites excluding steroid dienone is 2. The number of hydrogen-bond donors (Lipinski definition) is 2. The van der Waals surface area contributed by atoms with Crippen molar-refractivity contribution in [1.82, 2.24) is 0 Å². The lowest BCUT2D eigenvalue weighted by molar-refractivity contribution is 0.170. The predicted octanol–water partition coefficient (Wildman–Crippen LogP) is 15.1. The predicted molar refractivity (Wildman–Crippen MR) is 235 cm³/mol. The first kappa shape index (κ1) is 58.9. The van der Waals surface area contributed by atoms with E-state index in [1.54, 1.807) is 0 Å². The van der Waals surface area contributed by atoms with Crippen molar-refractivity contribution in [3.8, 4) is 0 Å². The summed E-state index contributed by atoms with van der Waals surface area (Å²) in [4.78, 5) is 0. The molecule has 0 heterocycles. The summed E-state index contributed by atoms with van der Waals surface area (Å²) in [6.07, 6.45) is 51.7. The van der Waals surface area contributed by atoms with Gasteiger partial charge in [-0.3, -0.25) is 0 Å². The Hall–Kier alpha value is -0.420. The number of methoxy groups -OCH3 is 1. The molecule has 0 amide bonds. The molecule has 0 aromatic carbocycles. The van der Waals surface area contributed by atoms with E-state index in [-0.39, 0.29) is 14.3 Å². The van der Waals surface area contributed by atoms with Gasteiger partial charge in [0.05, 0.1) is 0 Å². The molecule has 0 saturated carbocycles. The van der Waals surface area contributed by atoms with Crippen molar-refractivity contribution in [2.75, 3.05) is 26.8 Å². The number of ether oxygens (including phenoxy) is 1. The molecule has 0 rings (SSSR count). The smallest absolute Gasteiger partial charge is 0.0464 e. The van der Waals surface area contributed by atoms with Crippen molar-refractivity contribution in [2.24, 2.45) is 17.4 Å². The molecule has 310 valence electrons. The van der Waals surface area contributed by atoms with Gasteiger partial charge in [0, 0.05) is 15.1 Å². The third-order valence-corrected chi connectivity index (χ3v) is 9.69. The topological polar surface area (TPSA) is 92.8 Å². The molecule has 0 saturated heterocycles. The third kappa shape index (κ3) is 62.7. The second kappa shape index (κ2) is 60.7. The van der Waals surface area contributed by atoms with Gasteiger partial charge >= 0.3 is 0 Å². The molecule has 0 unspecified atom stereocenters. The van der Waals surface area contributed by atoms with Crippen molar-refractivity contribution in [1.29, 1.82) is 0 Å². The van der Waals surface area contributed by atoms with E-state index in [4.69, 9.17) is 16.2 Å². The highest BCUT2D eigenvalue weighted by Gasteiger charge is 2.08. The quantitative estimate of drug-likeness (QED) is 0.0495. The largest absolute Gasteiger partial charge is 0.412 e. The summed E-state index contributed by atoms with van der Waals surface area (Å²) in [5.74, 6) is 0.919. The van der Waals surface area contributed by atoms with Crippen LogP contribution >= 0.6 is 0 Å². The first-order valence-electron chi connectivity index (χ1n) is 22.2. The van der Waals surface area contributed by atoms with Crippen LogP contribution in [0.4, 0.5) is 0 Å². The molecule has 0 spiro atoms. The normalized spacial score (nSPS) is 10.7.